The second-order valence-corrected chi connectivity index (χ2v) is 52.0. The van der Waals surface area contributed by atoms with Crippen molar-refractivity contribution in [3.63, 3.8) is 0 Å². The average Bonchev–Trinajstić information content (AvgIpc) is 3.15. The van der Waals surface area contributed by atoms with Gasteiger partial charge in [-0.2, -0.15) is 0 Å². The van der Waals surface area contributed by atoms with Crippen LogP contribution in [0, 0.1) is 0 Å². The van der Waals surface area contributed by atoms with E-state index in [4.69, 9.17) is 31.6 Å². The maximum Gasteiger partial charge on any atom is 0.306 e. The van der Waals surface area contributed by atoms with Gasteiger partial charge in [0.15, 0.2) is 11.9 Å². The minimum absolute atomic E-state index is 0.0317. The van der Waals surface area contributed by atoms with Gasteiger partial charge in [-0.25, -0.2) is 0 Å². The van der Waals surface area contributed by atoms with E-state index in [9.17, 15) is 4.79 Å². The molecule has 2 atom stereocenters. The van der Waals surface area contributed by atoms with Crippen LogP contribution in [0.1, 0.15) is 192 Å². The number of hydrogen-bond acceptors (Lipinski definition) is 8. The van der Waals surface area contributed by atoms with Crippen molar-refractivity contribution in [3.8, 4) is 34.5 Å². The van der Waals surface area contributed by atoms with E-state index < -0.39 is 53.8 Å². The molecule has 0 saturated carbocycles. The molecule has 13 heteroatoms. The highest BCUT2D eigenvalue weighted by Crippen LogP contribution is 2.53. The average molecular weight is 1060 g/mol. The van der Waals surface area contributed by atoms with Crippen LogP contribution < -0.4 is 26.9 Å². The molecule has 0 radical (unpaired) electrons. The highest BCUT2D eigenvalue weighted by atomic mass is 28.4. The van der Waals surface area contributed by atoms with Gasteiger partial charge in [0.1, 0.15) is 34.9 Å². The summed E-state index contributed by atoms with van der Waals surface area (Å²) >= 11 is 0. The van der Waals surface area contributed by atoms with Crippen LogP contribution in [0.2, 0.25) is 90.7 Å². The molecule has 402 valence electrons. The first-order chi connectivity index (χ1) is 31.5. The molecule has 0 spiro atoms. The fourth-order valence-electron chi connectivity index (χ4n) is 6.92. The number of carbonyl (C=O) groups excluding carboxylic acids is 1. The molecule has 70 heavy (non-hydrogen) atoms. The summed E-state index contributed by atoms with van der Waals surface area (Å²) in [5, 5.41) is -0.397. The van der Waals surface area contributed by atoms with Gasteiger partial charge in [-0.15, -0.1) is 0 Å². The summed E-state index contributed by atoms with van der Waals surface area (Å²) in [6, 6.07) is 8.35. The normalized spacial score (nSPS) is 16.8. The molecule has 1 aliphatic heterocycles. The molecule has 2 aromatic carbocycles. The van der Waals surface area contributed by atoms with Crippen LogP contribution in [0.25, 0.3) is 0 Å². The van der Waals surface area contributed by atoms with Crippen molar-refractivity contribution < 1.29 is 36.4 Å². The Morgan fingerprint density at radius 1 is 0.500 bits per heavy atom. The Morgan fingerprint density at radius 3 is 1.29 bits per heavy atom. The van der Waals surface area contributed by atoms with Crippen LogP contribution in [0.4, 0.5) is 0 Å². The van der Waals surface area contributed by atoms with Gasteiger partial charge in [0, 0.05) is 36.1 Å². The van der Waals surface area contributed by atoms with E-state index in [1.54, 1.807) is 0 Å². The molecule has 0 unspecified atom stereocenters. The minimum atomic E-state index is -2.48. The number of carbonyl (C=O) groups is 1. The molecule has 8 nitrogen and oxygen atoms in total. The predicted molar refractivity (Wildman–Crippen MR) is 311 cm³/mol. The number of rotatable bonds is 22. The quantitative estimate of drug-likeness (QED) is 0.0655. The summed E-state index contributed by atoms with van der Waals surface area (Å²) in [5.41, 5.74) is 1.72. The van der Waals surface area contributed by atoms with E-state index in [-0.39, 0.29) is 31.2 Å². The SMILES string of the molecule is CCCCCCCCCCCC(=O)O[C@@H]1Cc2c(cc(O[Si](C)(C)C(C)(C)C)cc2O[Si](C)(C)C(C)(C)C)O[C@@H]1c1cc(O[Si](C)(C)C(C)(C)C)c(O[Si](C)(C)C(C)(C)C)c(O[Si](C)(C)C(C)(C)C)c1. The molecule has 0 bridgehead atoms. The molecular formula is C57H106O8Si5. The molecule has 0 fully saturated rings. The van der Waals surface area contributed by atoms with Crippen molar-refractivity contribution in [1.82, 2.24) is 0 Å². The van der Waals surface area contributed by atoms with Gasteiger partial charge in [-0.3, -0.25) is 4.79 Å². The smallest absolute Gasteiger partial charge is 0.306 e. The molecule has 0 amide bonds. The highest BCUT2D eigenvalue weighted by molar-refractivity contribution is 6.77. The van der Waals surface area contributed by atoms with E-state index in [2.05, 4.69) is 201 Å². The Balaban J connectivity index is 2.41. The van der Waals surface area contributed by atoms with Crippen LogP contribution in [0.3, 0.4) is 0 Å². The number of hydrogen-bond donors (Lipinski definition) is 0. The van der Waals surface area contributed by atoms with Crippen molar-refractivity contribution >= 4 is 47.6 Å². The summed E-state index contributed by atoms with van der Waals surface area (Å²) in [7, 11) is -12.1. The van der Waals surface area contributed by atoms with E-state index >= 15 is 0 Å². The second kappa shape index (κ2) is 22.7. The summed E-state index contributed by atoms with van der Waals surface area (Å²) in [6.45, 7) is 59.0. The van der Waals surface area contributed by atoms with Crippen LogP contribution in [-0.4, -0.2) is 53.7 Å². The van der Waals surface area contributed by atoms with Crippen molar-refractivity contribution in [1.29, 1.82) is 0 Å². The number of fused-ring (bicyclic) bond motifs is 1. The Morgan fingerprint density at radius 2 is 0.871 bits per heavy atom. The third-order valence-electron chi connectivity index (χ3n) is 17.1. The second-order valence-electron chi connectivity index (χ2n) is 28.4. The van der Waals surface area contributed by atoms with Crippen LogP contribution in [-0.2, 0) is 16.0 Å². The first kappa shape index (κ1) is 62.1. The van der Waals surface area contributed by atoms with Gasteiger partial charge in [-0.1, -0.05) is 162 Å². The fraction of sp³-hybridized carbons (Fsp3) is 0.772. The molecule has 1 aliphatic rings. The first-order valence-corrected chi connectivity index (χ1v) is 41.7. The number of esters is 1. The lowest BCUT2D eigenvalue weighted by Crippen LogP contribution is -2.47. The number of benzene rings is 2. The molecule has 3 rings (SSSR count). The van der Waals surface area contributed by atoms with Crippen molar-refractivity contribution in [3.05, 3.63) is 35.4 Å². The first-order valence-electron chi connectivity index (χ1n) is 27.1. The maximum absolute atomic E-state index is 14.2. The van der Waals surface area contributed by atoms with Gasteiger partial charge in [0.2, 0.25) is 16.6 Å². The lowest BCUT2D eigenvalue weighted by molar-refractivity contribution is -0.155. The van der Waals surface area contributed by atoms with Crippen LogP contribution in [0.5, 0.6) is 34.5 Å². The molecule has 0 aromatic heterocycles. The molecule has 2 aromatic rings. The number of ether oxygens (including phenoxy) is 2. The van der Waals surface area contributed by atoms with Gasteiger partial charge in [0.05, 0.1) is 0 Å². The third-order valence-corrected chi connectivity index (χ3v) is 38.8. The zero-order chi connectivity index (χ0) is 53.9. The maximum atomic E-state index is 14.2. The zero-order valence-corrected chi connectivity index (χ0v) is 55.0. The predicted octanol–water partition coefficient (Wildman–Crippen LogP) is 19.1. The summed E-state index contributed by atoms with van der Waals surface area (Å²) in [4.78, 5) is 14.2. The fourth-order valence-corrected chi connectivity index (χ4v) is 12.0. The van der Waals surface area contributed by atoms with Crippen molar-refractivity contribution in [2.45, 2.75) is 284 Å². The topological polar surface area (TPSA) is 81.7 Å². The molecule has 0 saturated heterocycles. The van der Waals surface area contributed by atoms with E-state index in [0.717, 1.165) is 41.9 Å². The standard InChI is InChI=1S/C57H106O8Si5/c1-27-28-29-30-31-32-33-34-35-36-50(58)59-47-41-44-45(39-43(61-66(17,18)53(2,3)4)40-46(44)62-67(19,20)54(5,6)7)60-51(47)42-37-48(63-68(21,22)55(8,9)10)52(65-70(25,26)57(14,15)16)49(38-42)64-69(23,24)56(11,12)13/h37-40,47,51H,27-36,41H2,1-26H3/t47-,51-/m1/s1. The molecule has 1 heterocycles. The van der Waals surface area contributed by atoms with Crippen molar-refractivity contribution in [2.75, 3.05) is 0 Å². The van der Waals surface area contributed by atoms with Crippen LogP contribution in [0.15, 0.2) is 24.3 Å². The summed E-state index contributed by atoms with van der Waals surface area (Å²) in [5.74, 6) is 3.95. The summed E-state index contributed by atoms with van der Waals surface area (Å²) in [6.07, 6.45) is 9.97. The number of unbranched alkanes of at least 4 members (excludes halogenated alkanes) is 8. The Hall–Kier alpha value is -2.21. The van der Waals surface area contributed by atoms with E-state index in [1.165, 1.54) is 38.5 Å². The Labute approximate surface area is 435 Å². The Kier molecular flexibility index (Phi) is 20.2. The van der Waals surface area contributed by atoms with Gasteiger partial charge >= 0.3 is 5.97 Å². The molecule has 0 N–H and O–H groups in total. The van der Waals surface area contributed by atoms with E-state index in [0.29, 0.717) is 35.8 Å². The third kappa shape index (κ3) is 16.1. The minimum Gasteiger partial charge on any atom is -0.543 e. The monoisotopic (exact) mass is 1060 g/mol. The largest absolute Gasteiger partial charge is 0.543 e. The molecule has 0 aliphatic carbocycles. The zero-order valence-electron chi connectivity index (χ0n) is 50.0. The van der Waals surface area contributed by atoms with Gasteiger partial charge in [-0.05, 0) is 109 Å². The Bertz CT molecular complexity index is 1990. The highest BCUT2D eigenvalue weighted by Gasteiger charge is 2.48. The lowest BCUT2D eigenvalue weighted by Gasteiger charge is -2.42. The lowest BCUT2D eigenvalue weighted by atomic mass is 9.93. The van der Waals surface area contributed by atoms with Crippen molar-refractivity contribution in [2.24, 2.45) is 0 Å². The van der Waals surface area contributed by atoms with Crippen LogP contribution >= 0.6 is 0 Å². The molecular weight excluding hydrogens is 953 g/mol. The van der Waals surface area contributed by atoms with Gasteiger partial charge < -0.3 is 31.6 Å². The summed E-state index contributed by atoms with van der Waals surface area (Å²) < 4.78 is 50.6. The van der Waals surface area contributed by atoms with Gasteiger partial charge in [0.25, 0.3) is 25.0 Å². The van der Waals surface area contributed by atoms with E-state index in [1.807, 2.05) is 0 Å².